The SMILES string of the molecule is Cc1cc(S(=O)(=O)N2CCC2C(=O)Nc2ccc3cccnc3c2)c2[nH]ncc2c1. The minimum atomic E-state index is -3.85. The molecule has 1 fully saturated rings. The first-order valence-electron chi connectivity index (χ1n) is 9.55. The molecule has 4 aromatic rings. The van der Waals surface area contributed by atoms with Crippen molar-refractivity contribution in [2.45, 2.75) is 24.3 Å². The van der Waals surface area contributed by atoms with Crippen LogP contribution in [0.1, 0.15) is 12.0 Å². The Morgan fingerprint density at radius 2 is 2.07 bits per heavy atom. The lowest BCUT2D eigenvalue weighted by atomic mass is 10.1. The van der Waals surface area contributed by atoms with Gasteiger partial charge in [-0.2, -0.15) is 9.40 Å². The highest BCUT2D eigenvalue weighted by atomic mass is 32.2. The number of pyridine rings is 1. The van der Waals surface area contributed by atoms with Gasteiger partial charge in [0.25, 0.3) is 0 Å². The van der Waals surface area contributed by atoms with E-state index in [9.17, 15) is 13.2 Å². The molecule has 0 saturated carbocycles. The highest BCUT2D eigenvalue weighted by Crippen LogP contribution is 2.32. The van der Waals surface area contributed by atoms with E-state index in [1.807, 2.05) is 31.2 Å². The van der Waals surface area contributed by atoms with Crippen LogP contribution in [-0.4, -0.2) is 46.4 Å². The molecular weight excluding hydrogens is 402 g/mol. The summed E-state index contributed by atoms with van der Waals surface area (Å²) in [7, 11) is -3.85. The third-order valence-corrected chi connectivity index (χ3v) is 7.32. The number of rotatable bonds is 4. The van der Waals surface area contributed by atoms with Gasteiger partial charge >= 0.3 is 0 Å². The maximum absolute atomic E-state index is 13.3. The summed E-state index contributed by atoms with van der Waals surface area (Å²) < 4.78 is 27.9. The number of fused-ring (bicyclic) bond motifs is 2. The molecule has 1 aliphatic rings. The standard InChI is InChI=1S/C21H19N5O3S/c1-13-9-15-12-23-25-20(15)19(10-13)30(28,29)26-8-6-18(26)21(27)24-16-5-4-14-3-2-7-22-17(14)11-16/h2-5,7,9-12,18H,6,8H2,1H3,(H,23,25)(H,24,27). The fraction of sp³-hybridized carbons (Fsp3) is 0.190. The van der Waals surface area contributed by atoms with Crippen LogP contribution >= 0.6 is 0 Å². The van der Waals surface area contributed by atoms with E-state index in [4.69, 9.17) is 0 Å². The van der Waals surface area contributed by atoms with Crippen LogP contribution in [0.2, 0.25) is 0 Å². The molecule has 1 saturated heterocycles. The topological polar surface area (TPSA) is 108 Å². The number of sulfonamides is 1. The Bertz CT molecular complexity index is 1400. The number of carbonyl (C=O) groups is 1. The average Bonchev–Trinajstić information content (AvgIpc) is 3.14. The number of H-pyrrole nitrogens is 1. The molecule has 152 valence electrons. The summed E-state index contributed by atoms with van der Waals surface area (Å²) >= 11 is 0. The molecule has 1 aliphatic heterocycles. The molecule has 1 atom stereocenters. The van der Waals surface area contributed by atoms with Gasteiger partial charge in [0, 0.05) is 29.2 Å². The lowest BCUT2D eigenvalue weighted by Gasteiger charge is -2.38. The lowest BCUT2D eigenvalue weighted by Crippen LogP contribution is -2.56. The number of nitrogens with zero attached hydrogens (tertiary/aromatic N) is 3. The van der Waals surface area contributed by atoms with Crippen LogP contribution in [0.15, 0.2) is 59.8 Å². The first-order valence-corrected chi connectivity index (χ1v) is 11.0. The average molecular weight is 421 g/mol. The number of hydrogen-bond acceptors (Lipinski definition) is 5. The molecule has 1 amide bonds. The van der Waals surface area contributed by atoms with Gasteiger partial charge in [-0.05, 0) is 49.2 Å². The minimum Gasteiger partial charge on any atom is -0.325 e. The summed E-state index contributed by atoms with van der Waals surface area (Å²) in [4.78, 5) is 17.3. The molecule has 2 N–H and O–H groups in total. The molecule has 0 radical (unpaired) electrons. The van der Waals surface area contributed by atoms with Gasteiger partial charge in [0.15, 0.2) is 0 Å². The van der Waals surface area contributed by atoms with Gasteiger partial charge in [0.05, 0.1) is 17.2 Å². The summed E-state index contributed by atoms with van der Waals surface area (Å²) in [6.45, 7) is 2.13. The number of anilines is 1. The van der Waals surface area contributed by atoms with Crippen molar-refractivity contribution in [1.82, 2.24) is 19.5 Å². The van der Waals surface area contributed by atoms with Crippen LogP contribution in [0, 0.1) is 6.92 Å². The molecule has 0 aliphatic carbocycles. The Hall–Kier alpha value is -3.30. The predicted octanol–water partition coefficient (Wildman–Crippen LogP) is 2.82. The Kier molecular flexibility index (Phi) is 4.30. The largest absolute Gasteiger partial charge is 0.325 e. The second kappa shape index (κ2) is 6.89. The zero-order valence-electron chi connectivity index (χ0n) is 16.2. The fourth-order valence-electron chi connectivity index (χ4n) is 3.78. The van der Waals surface area contributed by atoms with E-state index in [1.54, 1.807) is 30.6 Å². The second-order valence-corrected chi connectivity index (χ2v) is 9.28. The van der Waals surface area contributed by atoms with Gasteiger partial charge in [0.2, 0.25) is 15.9 Å². The van der Waals surface area contributed by atoms with Crippen molar-refractivity contribution in [1.29, 1.82) is 0 Å². The third kappa shape index (κ3) is 3.03. The quantitative estimate of drug-likeness (QED) is 0.527. The van der Waals surface area contributed by atoms with Gasteiger partial charge in [-0.3, -0.25) is 14.9 Å². The molecule has 30 heavy (non-hydrogen) atoms. The molecule has 8 nitrogen and oxygen atoms in total. The number of carbonyl (C=O) groups excluding carboxylic acids is 1. The maximum Gasteiger partial charge on any atom is 0.245 e. The number of benzene rings is 2. The Morgan fingerprint density at radius 1 is 1.20 bits per heavy atom. The normalized spacial score (nSPS) is 17.2. The molecule has 2 aromatic carbocycles. The lowest BCUT2D eigenvalue weighted by molar-refractivity contribution is -0.122. The van der Waals surface area contributed by atoms with Crippen molar-refractivity contribution >= 4 is 43.4 Å². The van der Waals surface area contributed by atoms with Crippen LogP contribution in [0.3, 0.4) is 0 Å². The van der Waals surface area contributed by atoms with Crippen molar-refractivity contribution in [3.63, 3.8) is 0 Å². The summed E-state index contributed by atoms with van der Waals surface area (Å²) in [5.41, 5.74) is 2.61. The highest BCUT2D eigenvalue weighted by molar-refractivity contribution is 7.89. The van der Waals surface area contributed by atoms with Crippen LogP contribution in [0.25, 0.3) is 21.8 Å². The smallest absolute Gasteiger partial charge is 0.245 e. The van der Waals surface area contributed by atoms with E-state index < -0.39 is 16.1 Å². The van der Waals surface area contributed by atoms with Crippen molar-refractivity contribution in [3.05, 3.63) is 60.4 Å². The summed E-state index contributed by atoms with van der Waals surface area (Å²) in [6.07, 6.45) is 3.75. The molecule has 0 bridgehead atoms. The number of aromatic nitrogens is 3. The van der Waals surface area contributed by atoms with Gasteiger partial charge in [-0.25, -0.2) is 8.42 Å². The zero-order valence-corrected chi connectivity index (χ0v) is 17.0. The summed E-state index contributed by atoms with van der Waals surface area (Å²) in [6, 6.07) is 11.9. The van der Waals surface area contributed by atoms with Crippen LogP contribution in [0.5, 0.6) is 0 Å². The van der Waals surface area contributed by atoms with Gasteiger partial charge < -0.3 is 5.32 Å². The molecule has 2 aromatic heterocycles. The molecule has 3 heterocycles. The van der Waals surface area contributed by atoms with Gasteiger partial charge in [-0.15, -0.1) is 0 Å². The number of nitrogens with one attached hydrogen (secondary N) is 2. The Balaban J connectivity index is 1.42. The van der Waals surface area contributed by atoms with E-state index in [0.29, 0.717) is 24.2 Å². The van der Waals surface area contributed by atoms with Crippen molar-refractivity contribution in [3.8, 4) is 0 Å². The van der Waals surface area contributed by atoms with E-state index in [0.717, 1.165) is 21.9 Å². The summed E-state index contributed by atoms with van der Waals surface area (Å²) in [5.74, 6) is -0.353. The molecular formula is C21H19N5O3S. The van der Waals surface area contributed by atoms with Crippen molar-refractivity contribution < 1.29 is 13.2 Å². The first kappa shape index (κ1) is 18.7. The van der Waals surface area contributed by atoms with E-state index in [2.05, 4.69) is 20.5 Å². The molecule has 9 heteroatoms. The number of aryl methyl sites for hydroxylation is 1. The zero-order chi connectivity index (χ0) is 20.9. The van der Waals surface area contributed by atoms with Crippen LogP contribution in [0.4, 0.5) is 5.69 Å². The Morgan fingerprint density at radius 3 is 2.87 bits per heavy atom. The van der Waals surface area contributed by atoms with Gasteiger partial charge in [-0.1, -0.05) is 12.1 Å². The molecule has 0 spiro atoms. The number of amides is 1. The fourth-order valence-corrected chi connectivity index (χ4v) is 5.67. The van der Waals surface area contributed by atoms with Crippen LogP contribution in [-0.2, 0) is 14.8 Å². The van der Waals surface area contributed by atoms with E-state index in [1.165, 1.54) is 4.31 Å². The van der Waals surface area contributed by atoms with Crippen molar-refractivity contribution in [2.24, 2.45) is 0 Å². The number of aromatic amines is 1. The summed E-state index contributed by atoms with van der Waals surface area (Å²) in [5, 5.41) is 11.2. The maximum atomic E-state index is 13.3. The predicted molar refractivity (Wildman–Crippen MR) is 114 cm³/mol. The number of hydrogen-bond donors (Lipinski definition) is 2. The molecule has 1 unspecified atom stereocenters. The highest BCUT2D eigenvalue weighted by Gasteiger charge is 2.43. The van der Waals surface area contributed by atoms with Crippen molar-refractivity contribution in [2.75, 3.05) is 11.9 Å². The Labute approximate surface area is 173 Å². The van der Waals surface area contributed by atoms with Gasteiger partial charge in [0.1, 0.15) is 10.9 Å². The minimum absolute atomic E-state index is 0.141. The molecule has 5 rings (SSSR count). The monoisotopic (exact) mass is 421 g/mol. The second-order valence-electron chi connectivity index (χ2n) is 7.42. The third-order valence-electron chi connectivity index (χ3n) is 5.39. The first-order chi connectivity index (χ1) is 14.4. The van der Waals surface area contributed by atoms with E-state index >= 15 is 0 Å². The van der Waals surface area contributed by atoms with E-state index in [-0.39, 0.29) is 10.8 Å². The van der Waals surface area contributed by atoms with Crippen LogP contribution < -0.4 is 5.32 Å².